The lowest BCUT2D eigenvalue weighted by Crippen LogP contribution is -2.41. The molecule has 0 heterocycles. The van der Waals surface area contributed by atoms with E-state index in [1.54, 1.807) is 12.1 Å². The molecule has 3 N–H and O–H groups in total. The van der Waals surface area contributed by atoms with Crippen LogP contribution in [-0.2, 0) is 0 Å². The Morgan fingerprint density at radius 1 is 1.00 bits per heavy atom. The van der Waals surface area contributed by atoms with Gasteiger partial charge in [-0.1, -0.05) is 23.3 Å². The quantitative estimate of drug-likeness (QED) is 0.412. The Balaban J connectivity index is 2.18. The number of benzene rings is 2. The maximum atomic E-state index is 12.6. The maximum Gasteiger partial charge on any atom is 0.419 e. The van der Waals surface area contributed by atoms with Gasteiger partial charge in [0, 0.05) is 11.1 Å². The van der Waals surface area contributed by atoms with Crippen molar-refractivity contribution in [3.05, 3.63) is 58.7 Å². The summed E-state index contributed by atoms with van der Waals surface area (Å²) in [6.45, 7) is 3.63. The Morgan fingerprint density at radius 2 is 1.55 bits per heavy atom. The summed E-state index contributed by atoms with van der Waals surface area (Å²) in [5.74, 6) is -1.36. The monoisotopic (exact) mass is 400 g/mol. The van der Waals surface area contributed by atoms with E-state index in [9.17, 15) is 22.8 Å². The maximum absolute atomic E-state index is 12.6. The topological polar surface area (TPSA) is 90.8 Å². The number of hydrogen-bond donors (Lipinski definition) is 3. The lowest BCUT2D eigenvalue weighted by atomic mass is 9.86. The van der Waals surface area contributed by atoms with E-state index in [1.807, 2.05) is 19.9 Å². The molecule has 6 nitrogen and oxygen atoms in total. The Morgan fingerprint density at radius 3 is 2.07 bits per heavy atom. The average molecular weight is 400 g/mol. The zero-order chi connectivity index (χ0) is 21.8. The lowest BCUT2D eigenvalue weighted by Gasteiger charge is -2.11. The summed E-state index contributed by atoms with van der Waals surface area (Å²) in [6.07, 6.45) is -4.87. The smallest absolute Gasteiger partial charge is 0.419 e. The second kappa shape index (κ2) is 8.95. The van der Waals surface area contributed by atoms with Crippen LogP contribution in [0.1, 0.15) is 31.8 Å². The van der Waals surface area contributed by atoms with Crippen LogP contribution in [0.3, 0.4) is 0 Å². The predicted molar refractivity (Wildman–Crippen MR) is 104 cm³/mol. The highest BCUT2D eigenvalue weighted by Gasteiger charge is 2.31. The third-order valence-corrected chi connectivity index (χ3v) is 3.74. The molecule has 3 radical (unpaired) electrons. The van der Waals surface area contributed by atoms with Crippen molar-refractivity contribution in [1.82, 2.24) is 10.9 Å². The van der Waals surface area contributed by atoms with Gasteiger partial charge in [-0.15, -0.1) is 0 Å². The summed E-state index contributed by atoms with van der Waals surface area (Å²) in [5, 5.41) is 9.14. The minimum atomic E-state index is -4.87. The molecule has 11 heteroatoms. The molecule has 29 heavy (non-hydrogen) atoms. The Hall–Kier alpha value is -3.07. The standard InChI is InChI=1S/C18H15B2F3N3O3/c1-9-5-10(2)7-12(6-9)16(28)26-25-15(27)11-3-4-13(20-29)14(8-11)24-17(19)18(21,22)23/h3-8,29H,1-2H3,(H,25,27)(H,26,28). The third kappa shape index (κ3) is 5.95. The second-order valence-electron chi connectivity index (χ2n) is 6.18. The van der Waals surface area contributed by atoms with Gasteiger partial charge in [-0.2, -0.15) is 13.2 Å². The summed E-state index contributed by atoms with van der Waals surface area (Å²) in [7, 11) is 5.43. The summed E-state index contributed by atoms with van der Waals surface area (Å²) < 4.78 is 37.8. The summed E-state index contributed by atoms with van der Waals surface area (Å²) in [4.78, 5) is 27.6. The van der Waals surface area contributed by atoms with Crippen LogP contribution in [0.15, 0.2) is 41.4 Å². The lowest BCUT2D eigenvalue weighted by molar-refractivity contribution is -0.0558. The van der Waals surface area contributed by atoms with Crippen molar-refractivity contribution in [1.29, 1.82) is 0 Å². The summed E-state index contributed by atoms with van der Waals surface area (Å²) in [5.41, 5.74) is 4.27. The molecule has 0 fully saturated rings. The average Bonchev–Trinajstić information content (AvgIpc) is 2.64. The molecule has 0 aliphatic heterocycles. The number of halogens is 3. The number of nitrogens with one attached hydrogen (secondary N) is 2. The van der Waals surface area contributed by atoms with Crippen LogP contribution in [0.4, 0.5) is 18.9 Å². The predicted octanol–water partition coefficient (Wildman–Crippen LogP) is 1.38. The highest BCUT2D eigenvalue weighted by atomic mass is 19.4. The number of aryl methyl sites for hydroxylation is 2. The SMILES string of the molecule is [B]C(=Nc1cc(C(=O)NNC(=O)c2cc(C)cc(C)c2)ccc1[B]O)C(F)(F)F. The van der Waals surface area contributed by atoms with Crippen LogP contribution in [0.5, 0.6) is 0 Å². The fourth-order valence-electron chi connectivity index (χ4n) is 2.45. The molecule has 0 spiro atoms. The zero-order valence-corrected chi connectivity index (χ0v) is 15.5. The first kappa shape index (κ1) is 22.2. The summed E-state index contributed by atoms with van der Waals surface area (Å²) >= 11 is 0. The van der Waals surface area contributed by atoms with Gasteiger partial charge in [0.2, 0.25) is 0 Å². The van der Waals surface area contributed by atoms with E-state index in [4.69, 9.17) is 12.9 Å². The van der Waals surface area contributed by atoms with E-state index < -0.39 is 23.6 Å². The molecule has 2 aromatic rings. The molecule has 0 aliphatic rings. The van der Waals surface area contributed by atoms with Crippen LogP contribution >= 0.6 is 0 Å². The van der Waals surface area contributed by atoms with E-state index in [2.05, 4.69) is 15.8 Å². The molecule has 0 unspecified atom stereocenters. The van der Waals surface area contributed by atoms with E-state index >= 15 is 0 Å². The van der Waals surface area contributed by atoms with Gasteiger partial charge in [-0.05, 0) is 43.6 Å². The number of hydrogen-bond acceptors (Lipinski definition) is 4. The summed E-state index contributed by atoms with van der Waals surface area (Å²) in [6, 6.07) is 8.56. The van der Waals surface area contributed by atoms with Gasteiger partial charge < -0.3 is 5.02 Å². The number of rotatable bonds is 4. The van der Waals surface area contributed by atoms with Gasteiger partial charge in [0.05, 0.1) is 11.3 Å². The van der Waals surface area contributed by atoms with Crippen molar-refractivity contribution in [3.8, 4) is 0 Å². The normalized spacial score (nSPS) is 11.7. The third-order valence-electron chi connectivity index (χ3n) is 3.74. The van der Waals surface area contributed by atoms with Crippen molar-refractivity contribution >= 4 is 43.9 Å². The molecule has 2 amide bonds. The molecule has 2 rings (SSSR count). The molecule has 2 aromatic carbocycles. The van der Waals surface area contributed by atoms with Crippen molar-refractivity contribution in [2.75, 3.05) is 0 Å². The van der Waals surface area contributed by atoms with Gasteiger partial charge in [-0.3, -0.25) is 25.4 Å². The van der Waals surface area contributed by atoms with Gasteiger partial charge >= 0.3 is 13.7 Å². The number of carbonyl (C=O) groups excluding carboxylic acids is 2. The van der Waals surface area contributed by atoms with Crippen molar-refractivity contribution in [3.63, 3.8) is 0 Å². The van der Waals surface area contributed by atoms with Gasteiger partial charge in [0.15, 0.2) is 0 Å². The van der Waals surface area contributed by atoms with E-state index in [0.717, 1.165) is 17.2 Å². The van der Waals surface area contributed by atoms with E-state index in [-0.39, 0.29) is 16.7 Å². The zero-order valence-electron chi connectivity index (χ0n) is 15.5. The number of aliphatic imine (C=N–C) groups is 1. The Bertz CT molecular complexity index is 958. The second-order valence-corrected chi connectivity index (χ2v) is 6.18. The molecule has 0 saturated carbocycles. The number of hydrazine groups is 1. The molecule has 0 bridgehead atoms. The van der Waals surface area contributed by atoms with Crippen molar-refractivity contribution < 1.29 is 27.8 Å². The molecule has 0 aliphatic carbocycles. The van der Waals surface area contributed by atoms with Crippen LogP contribution in [-0.4, -0.2) is 44.0 Å². The van der Waals surface area contributed by atoms with Crippen LogP contribution in [0.2, 0.25) is 0 Å². The minimum Gasteiger partial charge on any atom is -0.450 e. The number of alkyl halides is 3. The van der Waals surface area contributed by atoms with Crippen LogP contribution in [0.25, 0.3) is 0 Å². The Kier molecular flexibility index (Phi) is 6.86. The van der Waals surface area contributed by atoms with Crippen molar-refractivity contribution in [2.45, 2.75) is 20.0 Å². The van der Waals surface area contributed by atoms with Gasteiger partial charge in [0.1, 0.15) is 7.85 Å². The molecule has 0 saturated heterocycles. The molecular weight excluding hydrogens is 385 g/mol. The number of carbonyl (C=O) groups is 2. The minimum absolute atomic E-state index is 0.0759. The number of nitrogens with zero attached hydrogens (tertiary/aromatic N) is 1. The van der Waals surface area contributed by atoms with Crippen LogP contribution < -0.4 is 16.3 Å². The first-order valence-electron chi connectivity index (χ1n) is 8.23. The molecule has 147 valence electrons. The van der Waals surface area contributed by atoms with E-state index in [1.165, 1.54) is 12.1 Å². The molecule has 0 aromatic heterocycles. The van der Waals surface area contributed by atoms with Crippen molar-refractivity contribution in [2.24, 2.45) is 4.99 Å². The van der Waals surface area contributed by atoms with E-state index in [0.29, 0.717) is 13.0 Å². The fraction of sp³-hybridized carbons (Fsp3) is 0.167. The fourth-order valence-corrected chi connectivity index (χ4v) is 2.45. The highest BCUT2D eigenvalue weighted by molar-refractivity contribution is 6.61. The molecule has 0 atom stereocenters. The Labute approximate surface area is 166 Å². The first-order valence-corrected chi connectivity index (χ1v) is 8.23. The highest BCUT2D eigenvalue weighted by Crippen LogP contribution is 2.20. The largest absolute Gasteiger partial charge is 0.450 e. The van der Waals surface area contributed by atoms with Gasteiger partial charge in [-0.25, -0.2) is 0 Å². The molecular formula is C18H15B2F3N3O3. The van der Waals surface area contributed by atoms with Gasteiger partial charge in [0.25, 0.3) is 11.8 Å². The van der Waals surface area contributed by atoms with Crippen LogP contribution in [0, 0.1) is 13.8 Å². The first-order chi connectivity index (χ1) is 13.5. The number of amides is 2.